The van der Waals surface area contributed by atoms with Gasteiger partial charge < -0.3 is 5.32 Å². The number of hydrogen-bond acceptors (Lipinski definition) is 1. The Morgan fingerprint density at radius 2 is 1.35 bits per heavy atom. The van der Waals surface area contributed by atoms with Crippen molar-refractivity contribution in [2.45, 2.75) is 97.6 Å². The van der Waals surface area contributed by atoms with Crippen LogP contribution in [0.5, 0.6) is 0 Å². The van der Waals surface area contributed by atoms with E-state index in [9.17, 15) is 0 Å². The maximum Gasteiger partial charge on any atom is 0.00698 e. The molecule has 0 aromatic rings. The van der Waals surface area contributed by atoms with Crippen molar-refractivity contribution in [2.75, 3.05) is 0 Å². The van der Waals surface area contributed by atoms with E-state index in [1.165, 1.54) is 57.8 Å². The van der Waals surface area contributed by atoms with Gasteiger partial charge in [0.15, 0.2) is 0 Å². The van der Waals surface area contributed by atoms with E-state index in [1.807, 2.05) is 0 Å². The van der Waals surface area contributed by atoms with Crippen LogP contribution >= 0.6 is 0 Å². The van der Waals surface area contributed by atoms with Gasteiger partial charge in [-0.05, 0) is 69.1 Å². The van der Waals surface area contributed by atoms with Crippen LogP contribution in [0.3, 0.4) is 0 Å². The normalized spacial score (nSPS) is 37.0. The third kappa shape index (κ3) is 4.48. The predicted octanol–water partition coefficient (Wildman–Crippen LogP) is 5.40. The van der Waals surface area contributed by atoms with Crippen molar-refractivity contribution in [2.24, 2.45) is 23.7 Å². The summed E-state index contributed by atoms with van der Waals surface area (Å²) in [7, 11) is 0. The van der Waals surface area contributed by atoms with Crippen LogP contribution in [0.4, 0.5) is 0 Å². The molecule has 1 N–H and O–H groups in total. The first kappa shape index (κ1) is 16.3. The van der Waals surface area contributed by atoms with Crippen molar-refractivity contribution in [3.63, 3.8) is 0 Å². The molecule has 0 aromatic carbocycles. The molecule has 0 spiro atoms. The molecular formula is C19H37N. The molecule has 2 fully saturated rings. The van der Waals surface area contributed by atoms with Crippen LogP contribution in [-0.4, -0.2) is 12.1 Å². The molecule has 1 unspecified atom stereocenters. The van der Waals surface area contributed by atoms with E-state index in [0.29, 0.717) is 0 Å². The van der Waals surface area contributed by atoms with Gasteiger partial charge in [0.1, 0.15) is 0 Å². The van der Waals surface area contributed by atoms with Crippen molar-refractivity contribution in [3.05, 3.63) is 0 Å². The third-order valence-corrected chi connectivity index (χ3v) is 6.39. The van der Waals surface area contributed by atoms with E-state index in [1.54, 1.807) is 0 Å². The van der Waals surface area contributed by atoms with Gasteiger partial charge in [-0.1, -0.05) is 40.0 Å². The lowest BCUT2D eigenvalue weighted by atomic mass is 9.76. The highest BCUT2D eigenvalue weighted by Crippen LogP contribution is 2.34. The molecule has 0 radical (unpaired) electrons. The molecule has 1 nitrogen and oxygen atoms in total. The molecule has 20 heavy (non-hydrogen) atoms. The highest BCUT2D eigenvalue weighted by Gasteiger charge is 2.28. The second kappa shape index (κ2) is 7.82. The summed E-state index contributed by atoms with van der Waals surface area (Å²) < 4.78 is 0. The largest absolute Gasteiger partial charge is 0.311 e. The SMILES string of the molecule is CCC1CCC(C(C)NC2CCC(C(C)C)CC2)CC1. The molecule has 1 atom stereocenters. The van der Waals surface area contributed by atoms with E-state index >= 15 is 0 Å². The molecule has 118 valence electrons. The molecule has 0 amide bonds. The number of nitrogens with one attached hydrogen (secondary N) is 1. The van der Waals surface area contributed by atoms with Crippen LogP contribution < -0.4 is 5.32 Å². The minimum absolute atomic E-state index is 0.744. The highest BCUT2D eigenvalue weighted by atomic mass is 15.0. The summed E-state index contributed by atoms with van der Waals surface area (Å²) in [5, 5.41) is 3.98. The first-order chi connectivity index (χ1) is 9.60. The van der Waals surface area contributed by atoms with E-state index < -0.39 is 0 Å². The second-order valence-electron chi connectivity index (χ2n) is 8.00. The maximum absolute atomic E-state index is 3.98. The standard InChI is InChI=1S/C19H37N/c1-5-16-6-8-18(9-7-16)15(4)20-19-12-10-17(11-13-19)14(2)3/h14-20H,5-13H2,1-4H3. The van der Waals surface area contributed by atoms with Crippen molar-refractivity contribution in [1.82, 2.24) is 5.32 Å². The molecule has 0 heterocycles. The smallest absolute Gasteiger partial charge is 0.00698 e. The van der Waals surface area contributed by atoms with Gasteiger partial charge in [0.2, 0.25) is 0 Å². The molecule has 1 heteroatoms. The lowest BCUT2D eigenvalue weighted by Gasteiger charge is -2.37. The lowest BCUT2D eigenvalue weighted by Crippen LogP contribution is -2.44. The molecule has 2 aliphatic carbocycles. The van der Waals surface area contributed by atoms with Crippen LogP contribution in [0.25, 0.3) is 0 Å². The van der Waals surface area contributed by atoms with Gasteiger partial charge >= 0.3 is 0 Å². The van der Waals surface area contributed by atoms with Gasteiger partial charge in [-0.25, -0.2) is 0 Å². The lowest BCUT2D eigenvalue weighted by molar-refractivity contribution is 0.185. The molecule has 2 aliphatic rings. The average molecular weight is 280 g/mol. The molecule has 0 aliphatic heterocycles. The van der Waals surface area contributed by atoms with Gasteiger partial charge in [-0.15, -0.1) is 0 Å². The Morgan fingerprint density at radius 3 is 1.85 bits per heavy atom. The fourth-order valence-electron chi connectivity index (χ4n) is 4.56. The second-order valence-corrected chi connectivity index (χ2v) is 8.00. The Labute approximate surface area is 127 Å². The first-order valence-electron chi connectivity index (χ1n) is 9.36. The highest BCUT2D eigenvalue weighted by molar-refractivity contribution is 4.84. The fraction of sp³-hybridized carbons (Fsp3) is 1.00. The minimum Gasteiger partial charge on any atom is -0.311 e. The van der Waals surface area contributed by atoms with E-state index in [0.717, 1.165) is 35.8 Å². The summed E-state index contributed by atoms with van der Waals surface area (Å²) in [5.41, 5.74) is 0. The van der Waals surface area contributed by atoms with Crippen LogP contribution in [0, 0.1) is 23.7 Å². The molecule has 2 rings (SSSR count). The van der Waals surface area contributed by atoms with Crippen LogP contribution in [0.15, 0.2) is 0 Å². The summed E-state index contributed by atoms with van der Waals surface area (Å²) in [5.74, 6) is 3.85. The zero-order valence-electron chi connectivity index (χ0n) is 14.3. The Kier molecular flexibility index (Phi) is 6.39. The monoisotopic (exact) mass is 279 g/mol. The molecule has 2 saturated carbocycles. The van der Waals surface area contributed by atoms with Crippen molar-refractivity contribution in [3.8, 4) is 0 Å². The zero-order chi connectivity index (χ0) is 14.5. The molecule has 0 aromatic heterocycles. The van der Waals surface area contributed by atoms with E-state index in [4.69, 9.17) is 0 Å². The van der Waals surface area contributed by atoms with Gasteiger partial charge in [-0.2, -0.15) is 0 Å². The summed E-state index contributed by atoms with van der Waals surface area (Å²) >= 11 is 0. The van der Waals surface area contributed by atoms with Crippen molar-refractivity contribution in [1.29, 1.82) is 0 Å². The Balaban J connectivity index is 1.69. The molecule has 0 bridgehead atoms. The Morgan fingerprint density at radius 1 is 0.800 bits per heavy atom. The summed E-state index contributed by atoms with van der Waals surface area (Å²) in [4.78, 5) is 0. The van der Waals surface area contributed by atoms with Crippen molar-refractivity contribution >= 4 is 0 Å². The molecule has 0 saturated heterocycles. The molecular weight excluding hydrogens is 242 g/mol. The van der Waals surface area contributed by atoms with Gasteiger partial charge in [0.05, 0.1) is 0 Å². The van der Waals surface area contributed by atoms with Gasteiger partial charge in [0, 0.05) is 12.1 Å². The van der Waals surface area contributed by atoms with Gasteiger partial charge in [0.25, 0.3) is 0 Å². The number of hydrogen-bond donors (Lipinski definition) is 1. The quantitative estimate of drug-likeness (QED) is 0.711. The topological polar surface area (TPSA) is 12.0 Å². The predicted molar refractivity (Wildman–Crippen MR) is 88.9 cm³/mol. The summed E-state index contributed by atoms with van der Waals surface area (Å²) in [6, 6.07) is 1.55. The minimum atomic E-state index is 0.744. The van der Waals surface area contributed by atoms with Gasteiger partial charge in [-0.3, -0.25) is 0 Å². The van der Waals surface area contributed by atoms with Crippen LogP contribution in [0.2, 0.25) is 0 Å². The first-order valence-corrected chi connectivity index (χ1v) is 9.36. The zero-order valence-corrected chi connectivity index (χ0v) is 14.3. The van der Waals surface area contributed by atoms with E-state index in [-0.39, 0.29) is 0 Å². The Bertz CT molecular complexity index is 257. The maximum atomic E-state index is 3.98. The average Bonchev–Trinajstić information content (AvgIpc) is 2.48. The summed E-state index contributed by atoms with van der Waals surface area (Å²) in [6.45, 7) is 9.60. The van der Waals surface area contributed by atoms with E-state index in [2.05, 4.69) is 33.0 Å². The summed E-state index contributed by atoms with van der Waals surface area (Å²) in [6.07, 6.45) is 13.0. The van der Waals surface area contributed by atoms with Crippen LogP contribution in [-0.2, 0) is 0 Å². The fourth-order valence-corrected chi connectivity index (χ4v) is 4.56. The Hall–Kier alpha value is -0.0400. The number of rotatable bonds is 5. The third-order valence-electron chi connectivity index (χ3n) is 6.39. The van der Waals surface area contributed by atoms with Crippen molar-refractivity contribution < 1.29 is 0 Å². The van der Waals surface area contributed by atoms with Crippen LogP contribution in [0.1, 0.15) is 85.5 Å².